The second-order valence-electron chi connectivity index (χ2n) is 3.33. The molecular formula is C11H13Cl2NO3. The molecule has 0 saturated carbocycles. The van der Waals surface area contributed by atoms with E-state index >= 15 is 0 Å². The second-order valence-corrected chi connectivity index (χ2v) is 4.12. The van der Waals surface area contributed by atoms with E-state index in [2.05, 4.69) is 0 Å². The number of halogens is 2. The summed E-state index contributed by atoms with van der Waals surface area (Å²) >= 11 is 12.0. The van der Waals surface area contributed by atoms with Crippen LogP contribution < -0.4 is 5.73 Å². The average Bonchev–Trinajstić information content (AvgIpc) is 2.30. The summed E-state index contributed by atoms with van der Waals surface area (Å²) in [5.74, 6) is -1.31. The smallest absolute Gasteiger partial charge is 0.407 e. The van der Waals surface area contributed by atoms with Crippen molar-refractivity contribution in [3.8, 4) is 0 Å². The molecule has 2 N–H and O–H groups in total. The molecular weight excluding hydrogens is 265 g/mol. The van der Waals surface area contributed by atoms with Crippen molar-refractivity contribution in [3.63, 3.8) is 0 Å². The Morgan fingerprint density at radius 2 is 2.12 bits per heavy atom. The Labute approximate surface area is 110 Å². The predicted molar refractivity (Wildman–Crippen MR) is 66.1 cm³/mol. The van der Waals surface area contributed by atoms with Gasteiger partial charge in [0.25, 0.3) is 0 Å². The van der Waals surface area contributed by atoms with Crippen molar-refractivity contribution < 1.29 is 14.3 Å². The molecule has 1 amide bonds. The van der Waals surface area contributed by atoms with Crippen molar-refractivity contribution in [2.24, 2.45) is 5.73 Å². The molecule has 6 heteroatoms. The number of amides is 1. The molecule has 4 nitrogen and oxygen atoms in total. The first kappa shape index (κ1) is 14.1. The zero-order chi connectivity index (χ0) is 13.1. The van der Waals surface area contributed by atoms with Gasteiger partial charge in [0.05, 0.1) is 10.0 Å². The minimum absolute atomic E-state index is 0.277. The van der Waals surface area contributed by atoms with Gasteiger partial charge in [0, 0.05) is 19.1 Å². The molecule has 0 bridgehead atoms. The van der Waals surface area contributed by atoms with Gasteiger partial charge in [-0.3, -0.25) is 0 Å². The van der Waals surface area contributed by atoms with Gasteiger partial charge in [-0.2, -0.15) is 0 Å². The summed E-state index contributed by atoms with van der Waals surface area (Å²) in [6.45, 7) is 1.78. The third kappa shape index (κ3) is 2.83. The van der Waals surface area contributed by atoms with Crippen LogP contribution in [0.2, 0.25) is 10.0 Å². The summed E-state index contributed by atoms with van der Waals surface area (Å²) in [6.07, 6.45) is -0.586. The molecule has 0 aliphatic carbocycles. The maximum Gasteiger partial charge on any atom is 0.407 e. The Morgan fingerprint density at radius 1 is 1.47 bits per heavy atom. The van der Waals surface area contributed by atoms with E-state index in [1.54, 1.807) is 25.1 Å². The molecule has 0 aliphatic heterocycles. The average molecular weight is 278 g/mol. The first-order chi connectivity index (χ1) is 7.96. The van der Waals surface area contributed by atoms with Gasteiger partial charge in [0.2, 0.25) is 5.79 Å². The van der Waals surface area contributed by atoms with E-state index in [9.17, 15) is 4.79 Å². The minimum Gasteiger partial charge on any atom is -0.413 e. The van der Waals surface area contributed by atoms with Crippen molar-refractivity contribution in [2.75, 3.05) is 7.11 Å². The maximum absolute atomic E-state index is 10.9. The summed E-state index contributed by atoms with van der Waals surface area (Å²) in [7, 11) is 1.41. The topological polar surface area (TPSA) is 61.6 Å². The Balaban J connectivity index is 3.31. The Bertz CT molecular complexity index is 419. The van der Waals surface area contributed by atoms with Crippen LogP contribution in [0.25, 0.3) is 0 Å². The molecule has 94 valence electrons. The third-order valence-corrected chi connectivity index (χ3v) is 3.24. The standard InChI is InChI=1S/C11H13Cl2NO3/c1-3-11(16-2,17-10(14)15)7-5-4-6-8(12)9(7)13/h4-6H,3H2,1-2H3,(H2,14,15)/t11-/m1/s1. The highest BCUT2D eigenvalue weighted by atomic mass is 35.5. The van der Waals surface area contributed by atoms with Crippen LogP contribution in [0, 0.1) is 0 Å². The van der Waals surface area contributed by atoms with Gasteiger partial charge >= 0.3 is 6.09 Å². The molecule has 0 aromatic heterocycles. The lowest BCUT2D eigenvalue weighted by molar-refractivity contribution is -0.193. The summed E-state index contributed by atoms with van der Waals surface area (Å²) in [6, 6.07) is 5.00. The van der Waals surface area contributed by atoms with Crippen LogP contribution in [0.5, 0.6) is 0 Å². The number of carbonyl (C=O) groups excluding carboxylic acids is 1. The van der Waals surface area contributed by atoms with Gasteiger partial charge in [0.15, 0.2) is 0 Å². The molecule has 0 saturated heterocycles. The first-order valence-electron chi connectivity index (χ1n) is 4.95. The summed E-state index contributed by atoms with van der Waals surface area (Å²) in [5, 5.41) is 0.631. The number of primary amides is 1. The monoisotopic (exact) mass is 277 g/mol. The highest BCUT2D eigenvalue weighted by molar-refractivity contribution is 6.42. The van der Waals surface area contributed by atoms with Crippen LogP contribution in [-0.2, 0) is 15.3 Å². The SMILES string of the molecule is CC[C@@](OC)(OC(N)=O)c1cccc(Cl)c1Cl. The van der Waals surface area contributed by atoms with Gasteiger partial charge < -0.3 is 15.2 Å². The molecule has 1 rings (SSSR count). The van der Waals surface area contributed by atoms with E-state index in [1.165, 1.54) is 7.11 Å². The number of carbonyl (C=O) groups is 1. The maximum atomic E-state index is 10.9. The fraction of sp³-hybridized carbons (Fsp3) is 0.364. The van der Waals surface area contributed by atoms with E-state index in [-0.39, 0.29) is 5.02 Å². The highest BCUT2D eigenvalue weighted by Crippen LogP contribution is 2.38. The lowest BCUT2D eigenvalue weighted by atomic mass is 10.0. The van der Waals surface area contributed by atoms with Crippen molar-refractivity contribution >= 4 is 29.3 Å². The van der Waals surface area contributed by atoms with Crippen molar-refractivity contribution in [1.29, 1.82) is 0 Å². The molecule has 1 aromatic carbocycles. The van der Waals surface area contributed by atoms with Crippen LogP contribution >= 0.6 is 23.2 Å². The molecule has 0 spiro atoms. The van der Waals surface area contributed by atoms with Crippen molar-refractivity contribution in [3.05, 3.63) is 33.8 Å². The van der Waals surface area contributed by atoms with Crippen molar-refractivity contribution in [2.45, 2.75) is 19.1 Å². The highest BCUT2D eigenvalue weighted by Gasteiger charge is 2.36. The number of methoxy groups -OCH3 is 1. The quantitative estimate of drug-likeness (QED) is 0.859. The van der Waals surface area contributed by atoms with Gasteiger partial charge in [-0.15, -0.1) is 0 Å². The number of rotatable bonds is 4. The van der Waals surface area contributed by atoms with Crippen LogP contribution in [0.3, 0.4) is 0 Å². The first-order valence-corrected chi connectivity index (χ1v) is 5.70. The molecule has 0 aliphatic rings. The second kappa shape index (κ2) is 5.58. The summed E-state index contributed by atoms with van der Waals surface area (Å²) in [4.78, 5) is 10.9. The van der Waals surface area contributed by atoms with E-state index in [4.69, 9.17) is 38.4 Å². The molecule has 0 radical (unpaired) electrons. The lowest BCUT2D eigenvalue weighted by Gasteiger charge is -2.31. The number of hydrogen-bond donors (Lipinski definition) is 1. The largest absolute Gasteiger partial charge is 0.413 e. The zero-order valence-electron chi connectivity index (χ0n) is 9.50. The molecule has 0 unspecified atom stereocenters. The fourth-order valence-corrected chi connectivity index (χ4v) is 2.02. The van der Waals surface area contributed by atoms with Gasteiger partial charge in [-0.1, -0.05) is 42.3 Å². The van der Waals surface area contributed by atoms with Crippen LogP contribution in [-0.4, -0.2) is 13.2 Å². The van der Waals surface area contributed by atoms with Crippen LogP contribution in [0.4, 0.5) is 4.79 Å². The molecule has 0 heterocycles. The summed E-state index contributed by atoms with van der Waals surface area (Å²) < 4.78 is 10.3. The van der Waals surface area contributed by atoms with Crippen LogP contribution in [0.1, 0.15) is 18.9 Å². The number of ether oxygens (including phenoxy) is 2. The zero-order valence-corrected chi connectivity index (χ0v) is 11.0. The van der Waals surface area contributed by atoms with E-state index < -0.39 is 11.9 Å². The Morgan fingerprint density at radius 3 is 2.59 bits per heavy atom. The Kier molecular flexibility index (Phi) is 4.62. The molecule has 0 fully saturated rings. The van der Waals surface area contributed by atoms with E-state index in [0.717, 1.165) is 0 Å². The fourth-order valence-electron chi connectivity index (χ4n) is 1.57. The van der Waals surface area contributed by atoms with E-state index in [1.807, 2.05) is 0 Å². The molecule has 1 aromatic rings. The predicted octanol–water partition coefficient (Wildman–Crippen LogP) is 3.30. The van der Waals surface area contributed by atoms with E-state index in [0.29, 0.717) is 17.0 Å². The summed E-state index contributed by atoms with van der Waals surface area (Å²) in [5.41, 5.74) is 5.51. The van der Waals surface area contributed by atoms with Gasteiger partial charge in [-0.25, -0.2) is 4.79 Å². The lowest BCUT2D eigenvalue weighted by Crippen LogP contribution is -2.36. The number of benzene rings is 1. The molecule has 17 heavy (non-hydrogen) atoms. The van der Waals surface area contributed by atoms with Gasteiger partial charge in [-0.05, 0) is 6.07 Å². The number of hydrogen-bond acceptors (Lipinski definition) is 3. The number of nitrogens with two attached hydrogens (primary N) is 1. The minimum atomic E-state index is -1.31. The normalized spacial score (nSPS) is 14.1. The Hall–Kier alpha value is -0.970. The third-order valence-electron chi connectivity index (χ3n) is 2.42. The molecule has 1 atom stereocenters. The van der Waals surface area contributed by atoms with Gasteiger partial charge in [0.1, 0.15) is 0 Å². The van der Waals surface area contributed by atoms with Crippen molar-refractivity contribution in [1.82, 2.24) is 0 Å². The van der Waals surface area contributed by atoms with Crippen LogP contribution in [0.15, 0.2) is 18.2 Å².